The van der Waals surface area contributed by atoms with Crippen molar-refractivity contribution in [2.24, 2.45) is 10.7 Å². The molecule has 2 heterocycles. The van der Waals surface area contributed by atoms with E-state index in [4.69, 9.17) is 15.2 Å². The van der Waals surface area contributed by atoms with Crippen molar-refractivity contribution in [3.8, 4) is 5.88 Å². The Hall–Kier alpha value is -1.82. The summed E-state index contributed by atoms with van der Waals surface area (Å²) in [6.07, 6.45) is 7.63. The molecule has 3 N–H and O–H groups in total. The molecule has 0 aromatic carbocycles. The maximum Gasteiger partial charge on any atom is 0.213 e. The highest BCUT2D eigenvalue weighted by molar-refractivity contribution is 5.77. The number of hydrogen-bond acceptors (Lipinski definition) is 4. The van der Waals surface area contributed by atoms with Crippen LogP contribution in [0.2, 0.25) is 0 Å². The van der Waals surface area contributed by atoms with Crippen molar-refractivity contribution >= 4 is 5.96 Å². The van der Waals surface area contributed by atoms with Gasteiger partial charge in [0.25, 0.3) is 0 Å². The summed E-state index contributed by atoms with van der Waals surface area (Å²) in [7, 11) is 0. The second kappa shape index (κ2) is 10.0. The third-order valence-electron chi connectivity index (χ3n) is 3.74. The molecule has 2 rings (SSSR count). The average molecular weight is 320 g/mol. The van der Waals surface area contributed by atoms with Crippen LogP contribution in [0.25, 0.3) is 0 Å². The third-order valence-corrected chi connectivity index (χ3v) is 3.74. The zero-order chi connectivity index (χ0) is 16.3. The Morgan fingerprint density at radius 1 is 1.48 bits per heavy atom. The number of guanidine groups is 1. The summed E-state index contributed by atoms with van der Waals surface area (Å²) in [6, 6.07) is 3.84. The molecule has 0 aliphatic carbocycles. The lowest BCUT2D eigenvalue weighted by Gasteiger charge is -2.11. The maximum absolute atomic E-state index is 5.88. The predicted molar refractivity (Wildman–Crippen MR) is 91.6 cm³/mol. The van der Waals surface area contributed by atoms with Gasteiger partial charge in [0.05, 0.1) is 19.8 Å². The van der Waals surface area contributed by atoms with Crippen molar-refractivity contribution in [1.82, 2.24) is 10.3 Å². The fraction of sp³-hybridized carbons (Fsp3) is 0.647. The minimum atomic E-state index is 0.108. The van der Waals surface area contributed by atoms with Crippen LogP contribution in [0.3, 0.4) is 0 Å². The summed E-state index contributed by atoms with van der Waals surface area (Å²) in [6.45, 7) is 5.00. The minimum Gasteiger partial charge on any atom is -0.472 e. The van der Waals surface area contributed by atoms with Gasteiger partial charge in [0.15, 0.2) is 5.96 Å². The van der Waals surface area contributed by atoms with E-state index in [1.807, 2.05) is 12.1 Å². The second-order valence-electron chi connectivity index (χ2n) is 5.79. The van der Waals surface area contributed by atoms with E-state index in [1.54, 1.807) is 6.20 Å². The van der Waals surface area contributed by atoms with Crippen molar-refractivity contribution in [3.05, 3.63) is 23.9 Å². The van der Waals surface area contributed by atoms with E-state index < -0.39 is 0 Å². The predicted octanol–water partition coefficient (Wildman–Crippen LogP) is 2.23. The third kappa shape index (κ3) is 6.86. The van der Waals surface area contributed by atoms with Crippen LogP contribution < -0.4 is 15.8 Å². The van der Waals surface area contributed by atoms with Gasteiger partial charge in [0, 0.05) is 25.2 Å². The molecule has 0 radical (unpaired) electrons. The first kappa shape index (κ1) is 17.5. The lowest BCUT2D eigenvalue weighted by molar-refractivity contribution is 0.138. The molecule has 1 unspecified atom stereocenters. The topological polar surface area (TPSA) is 81.8 Å². The molecule has 0 spiro atoms. The van der Waals surface area contributed by atoms with Crippen LogP contribution >= 0.6 is 0 Å². The average Bonchev–Trinajstić information content (AvgIpc) is 3.06. The van der Waals surface area contributed by atoms with Gasteiger partial charge in [0.1, 0.15) is 6.10 Å². The summed E-state index contributed by atoms with van der Waals surface area (Å²) in [4.78, 5) is 8.60. The number of nitrogens with one attached hydrogen (secondary N) is 1. The van der Waals surface area contributed by atoms with Crippen LogP contribution in [-0.2, 0) is 11.3 Å². The number of unbranched alkanes of at least 4 members (excludes halogenated alkanes) is 3. The minimum absolute atomic E-state index is 0.108. The highest BCUT2D eigenvalue weighted by atomic mass is 16.5. The molecule has 1 aliphatic heterocycles. The van der Waals surface area contributed by atoms with Crippen molar-refractivity contribution in [1.29, 1.82) is 0 Å². The summed E-state index contributed by atoms with van der Waals surface area (Å²) in [5.74, 6) is 1.12. The number of nitrogens with zero attached hydrogens (tertiary/aromatic N) is 2. The molecule has 1 aromatic heterocycles. The molecule has 0 amide bonds. The zero-order valence-electron chi connectivity index (χ0n) is 14.0. The molecular weight excluding hydrogens is 292 g/mol. The first-order chi connectivity index (χ1) is 11.3. The molecule has 23 heavy (non-hydrogen) atoms. The first-order valence-corrected chi connectivity index (χ1v) is 8.51. The standard InChI is InChI=1S/C17H28N4O2/c1-2-3-4-5-8-20-17(18)21-12-14-6-9-19-16(11-14)23-15-7-10-22-13-15/h6,9,11,15H,2-5,7-8,10,12-13H2,1H3,(H3,18,20,21). The van der Waals surface area contributed by atoms with Crippen molar-refractivity contribution in [2.75, 3.05) is 19.8 Å². The van der Waals surface area contributed by atoms with Gasteiger partial charge < -0.3 is 20.5 Å². The Bertz CT molecular complexity index is 487. The first-order valence-electron chi connectivity index (χ1n) is 8.51. The molecule has 6 heteroatoms. The SMILES string of the molecule is CCCCCCNC(N)=NCc1ccnc(OC2CCOC2)c1. The van der Waals surface area contributed by atoms with Gasteiger partial charge in [0.2, 0.25) is 5.88 Å². The normalized spacial score (nSPS) is 18.1. The molecule has 1 aliphatic rings. The summed E-state index contributed by atoms with van der Waals surface area (Å²) >= 11 is 0. The van der Waals surface area contributed by atoms with Crippen LogP contribution in [0.1, 0.15) is 44.6 Å². The fourth-order valence-corrected chi connectivity index (χ4v) is 2.39. The van der Waals surface area contributed by atoms with Crippen molar-refractivity contribution in [2.45, 2.75) is 51.7 Å². The zero-order valence-corrected chi connectivity index (χ0v) is 14.0. The second-order valence-corrected chi connectivity index (χ2v) is 5.79. The van der Waals surface area contributed by atoms with Gasteiger partial charge in [-0.15, -0.1) is 0 Å². The number of aromatic nitrogens is 1. The number of ether oxygens (including phenoxy) is 2. The summed E-state index contributed by atoms with van der Waals surface area (Å²) < 4.78 is 11.1. The Morgan fingerprint density at radius 2 is 2.39 bits per heavy atom. The molecule has 1 fully saturated rings. The highest BCUT2D eigenvalue weighted by Gasteiger charge is 2.17. The molecule has 0 saturated carbocycles. The molecular formula is C17H28N4O2. The van der Waals surface area contributed by atoms with Gasteiger partial charge in [-0.05, 0) is 18.1 Å². The number of pyridine rings is 1. The van der Waals surface area contributed by atoms with Crippen LogP contribution in [0.5, 0.6) is 5.88 Å². The van der Waals surface area contributed by atoms with Gasteiger partial charge in [-0.1, -0.05) is 26.2 Å². The van der Waals surface area contributed by atoms with E-state index in [0.29, 0.717) is 25.0 Å². The number of aliphatic imine (C=N–C) groups is 1. The molecule has 6 nitrogen and oxygen atoms in total. The van der Waals surface area contributed by atoms with E-state index >= 15 is 0 Å². The van der Waals surface area contributed by atoms with Gasteiger partial charge in [-0.25, -0.2) is 9.98 Å². The smallest absolute Gasteiger partial charge is 0.213 e. The van der Waals surface area contributed by atoms with Crippen LogP contribution in [0, 0.1) is 0 Å². The molecule has 128 valence electrons. The molecule has 1 saturated heterocycles. The van der Waals surface area contributed by atoms with Crippen LogP contribution in [-0.4, -0.2) is 36.8 Å². The lowest BCUT2D eigenvalue weighted by Crippen LogP contribution is -2.32. The molecule has 1 atom stereocenters. The van der Waals surface area contributed by atoms with Crippen LogP contribution in [0.15, 0.2) is 23.3 Å². The van der Waals surface area contributed by atoms with Gasteiger partial charge in [-0.2, -0.15) is 0 Å². The van der Waals surface area contributed by atoms with Gasteiger partial charge >= 0.3 is 0 Å². The summed E-state index contributed by atoms with van der Waals surface area (Å²) in [5, 5.41) is 3.15. The van der Waals surface area contributed by atoms with E-state index in [2.05, 4.69) is 22.2 Å². The quantitative estimate of drug-likeness (QED) is 0.414. The van der Waals surface area contributed by atoms with Crippen molar-refractivity contribution < 1.29 is 9.47 Å². The van der Waals surface area contributed by atoms with Crippen molar-refractivity contribution in [3.63, 3.8) is 0 Å². The van der Waals surface area contributed by atoms with E-state index in [1.165, 1.54) is 19.3 Å². The monoisotopic (exact) mass is 320 g/mol. The number of hydrogen-bond donors (Lipinski definition) is 2. The lowest BCUT2D eigenvalue weighted by atomic mass is 10.2. The van der Waals surface area contributed by atoms with Gasteiger partial charge in [-0.3, -0.25) is 0 Å². The Kier molecular flexibility index (Phi) is 7.66. The molecule has 1 aromatic rings. The Balaban J connectivity index is 1.74. The Morgan fingerprint density at radius 3 is 3.17 bits per heavy atom. The summed E-state index contributed by atoms with van der Waals surface area (Å²) in [5.41, 5.74) is 6.91. The Labute approximate surface area is 138 Å². The van der Waals surface area contributed by atoms with Crippen LogP contribution in [0.4, 0.5) is 0 Å². The fourth-order valence-electron chi connectivity index (χ4n) is 2.39. The maximum atomic E-state index is 5.88. The van der Waals surface area contributed by atoms with E-state index in [9.17, 15) is 0 Å². The highest BCUT2D eigenvalue weighted by Crippen LogP contribution is 2.16. The number of rotatable bonds is 9. The number of nitrogens with two attached hydrogens (primary N) is 1. The molecule has 0 bridgehead atoms. The largest absolute Gasteiger partial charge is 0.472 e. The van der Waals surface area contributed by atoms with E-state index in [-0.39, 0.29) is 6.10 Å². The van der Waals surface area contributed by atoms with E-state index in [0.717, 1.165) is 31.6 Å².